The zero-order valence-corrected chi connectivity index (χ0v) is 10.5. The van der Waals surface area contributed by atoms with E-state index in [1.54, 1.807) is 24.3 Å². The molecule has 0 saturated heterocycles. The van der Waals surface area contributed by atoms with Gasteiger partial charge in [-0.25, -0.2) is 8.42 Å². The number of sulfone groups is 1. The van der Waals surface area contributed by atoms with Crippen LogP contribution < -0.4 is 5.32 Å². The van der Waals surface area contributed by atoms with Crippen LogP contribution in [0.15, 0.2) is 29.2 Å². The summed E-state index contributed by atoms with van der Waals surface area (Å²) < 4.78 is 24.3. The van der Waals surface area contributed by atoms with Gasteiger partial charge in [0.05, 0.1) is 16.3 Å². The Morgan fingerprint density at radius 1 is 1.35 bits per heavy atom. The summed E-state index contributed by atoms with van der Waals surface area (Å²) in [5, 5.41) is 2.56. The van der Waals surface area contributed by atoms with Crippen LogP contribution >= 0.6 is 0 Å². The van der Waals surface area contributed by atoms with Crippen LogP contribution in [0, 0.1) is 5.92 Å². The first kappa shape index (κ1) is 12.1. The highest BCUT2D eigenvalue weighted by Crippen LogP contribution is 2.33. The van der Waals surface area contributed by atoms with Crippen molar-refractivity contribution in [2.24, 2.45) is 5.92 Å². The first-order valence-electron chi connectivity index (χ1n) is 5.58. The molecule has 2 rings (SSSR count). The molecule has 1 saturated carbocycles. The Balaban J connectivity index is 2.32. The van der Waals surface area contributed by atoms with Gasteiger partial charge in [-0.2, -0.15) is 0 Å². The zero-order valence-electron chi connectivity index (χ0n) is 9.64. The molecule has 0 bridgehead atoms. The lowest BCUT2D eigenvalue weighted by Crippen LogP contribution is -2.14. The van der Waals surface area contributed by atoms with Crippen molar-refractivity contribution in [2.45, 2.75) is 24.7 Å². The predicted molar refractivity (Wildman–Crippen MR) is 65.5 cm³/mol. The van der Waals surface area contributed by atoms with Gasteiger partial charge in [0, 0.05) is 6.92 Å². The second kappa shape index (κ2) is 4.49. The molecule has 1 aliphatic rings. The van der Waals surface area contributed by atoms with E-state index in [1.165, 1.54) is 6.92 Å². The van der Waals surface area contributed by atoms with E-state index < -0.39 is 9.84 Å². The Bertz CT molecular complexity index is 532. The average molecular weight is 253 g/mol. The summed E-state index contributed by atoms with van der Waals surface area (Å²) in [5.41, 5.74) is 0.376. The lowest BCUT2D eigenvalue weighted by Gasteiger charge is -2.10. The fourth-order valence-corrected chi connectivity index (χ4v) is 3.59. The van der Waals surface area contributed by atoms with Crippen molar-refractivity contribution in [3.8, 4) is 0 Å². The number of anilines is 1. The number of carbonyl (C=O) groups excluding carboxylic acids is 1. The van der Waals surface area contributed by atoms with E-state index in [1.807, 2.05) is 0 Å². The molecule has 1 N–H and O–H groups in total. The van der Waals surface area contributed by atoms with Gasteiger partial charge in [0.15, 0.2) is 9.84 Å². The quantitative estimate of drug-likeness (QED) is 0.890. The first-order valence-corrected chi connectivity index (χ1v) is 7.23. The molecule has 1 amide bonds. The van der Waals surface area contributed by atoms with Crippen molar-refractivity contribution in [1.29, 1.82) is 0 Å². The molecule has 0 unspecified atom stereocenters. The summed E-state index contributed by atoms with van der Waals surface area (Å²) in [6.45, 7) is 1.37. The normalized spacial score (nSPS) is 15.6. The van der Waals surface area contributed by atoms with Gasteiger partial charge < -0.3 is 5.32 Å². The number of para-hydroxylation sites is 1. The highest BCUT2D eigenvalue weighted by Gasteiger charge is 2.30. The third-order valence-corrected chi connectivity index (χ3v) is 4.62. The summed E-state index contributed by atoms with van der Waals surface area (Å²) in [4.78, 5) is 11.2. The van der Waals surface area contributed by atoms with Crippen LogP contribution in [0.25, 0.3) is 0 Å². The van der Waals surface area contributed by atoms with Gasteiger partial charge in [-0.05, 0) is 30.9 Å². The predicted octanol–water partition coefficient (Wildman–Crippen LogP) is 1.83. The Labute approximate surface area is 101 Å². The molecule has 1 fully saturated rings. The van der Waals surface area contributed by atoms with Gasteiger partial charge in [-0.15, -0.1) is 0 Å². The van der Waals surface area contributed by atoms with Gasteiger partial charge >= 0.3 is 0 Å². The second-order valence-electron chi connectivity index (χ2n) is 4.40. The van der Waals surface area contributed by atoms with Crippen molar-refractivity contribution < 1.29 is 13.2 Å². The molecular weight excluding hydrogens is 238 g/mol. The largest absolute Gasteiger partial charge is 0.325 e. The van der Waals surface area contributed by atoms with E-state index in [2.05, 4.69) is 5.32 Å². The van der Waals surface area contributed by atoms with E-state index in [-0.39, 0.29) is 16.6 Å². The highest BCUT2D eigenvalue weighted by atomic mass is 32.2. The fraction of sp³-hybridized carbons (Fsp3) is 0.417. The number of carbonyl (C=O) groups is 1. The molecule has 5 heteroatoms. The molecule has 4 nitrogen and oxygen atoms in total. The van der Waals surface area contributed by atoms with E-state index in [0.29, 0.717) is 11.6 Å². The number of amides is 1. The maximum absolute atomic E-state index is 12.1. The Morgan fingerprint density at radius 3 is 2.59 bits per heavy atom. The van der Waals surface area contributed by atoms with Crippen LogP contribution in [0.2, 0.25) is 0 Å². The number of hydrogen-bond donors (Lipinski definition) is 1. The molecule has 1 aromatic carbocycles. The van der Waals surface area contributed by atoms with Crippen LogP contribution in [0.1, 0.15) is 19.8 Å². The molecule has 1 aliphatic carbocycles. The number of nitrogens with one attached hydrogen (secondary N) is 1. The van der Waals surface area contributed by atoms with Crippen molar-refractivity contribution in [1.82, 2.24) is 0 Å². The number of hydrogen-bond acceptors (Lipinski definition) is 3. The summed E-state index contributed by atoms with van der Waals surface area (Å²) in [6, 6.07) is 6.54. The minimum Gasteiger partial charge on any atom is -0.325 e. The van der Waals surface area contributed by atoms with Crippen LogP contribution in [0.5, 0.6) is 0 Å². The van der Waals surface area contributed by atoms with Crippen LogP contribution in [-0.2, 0) is 14.6 Å². The van der Waals surface area contributed by atoms with Gasteiger partial charge in [0.25, 0.3) is 0 Å². The summed E-state index contributed by atoms with van der Waals surface area (Å²) >= 11 is 0. The van der Waals surface area contributed by atoms with E-state index in [9.17, 15) is 13.2 Å². The monoisotopic (exact) mass is 253 g/mol. The summed E-state index contributed by atoms with van der Waals surface area (Å²) in [7, 11) is -3.29. The van der Waals surface area contributed by atoms with Gasteiger partial charge in [-0.1, -0.05) is 12.1 Å². The Hall–Kier alpha value is -1.36. The molecule has 0 heterocycles. The maximum atomic E-state index is 12.1. The lowest BCUT2D eigenvalue weighted by molar-refractivity contribution is -0.114. The third-order valence-electron chi connectivity index (χ3n) is 2.68. The van der Waals surface area contributed by atoms with Gasteiger partial charge in [0.2, 0.25) is 5.91 Å². The molecule has 92 valence electrons. The SMILES string of the molecule is CC(=O)Nc1ccccc1S(=O)(=O)CC1CC1. The standard InChI is InChI=1S/C12H15NO3S/c1-9(14)13-11-4-2-3-5-12(11)17(15,16)8-10-6-7-10/h2-5,10H,6-8H2,1H3,(H,13,14). The maximum Gasteiger partial charge on any atom is 0.221 e. The second-order valence-corrected chi connectivity index (χ2v) is 6.40. The highest BCUT2D eigenvalue weighted by molar-refractivity contribution is 7.91. The molecule has 0 spiro atoms. The molecule has 0 aliphatic heterocycles. The fourth-order valence-electron chi connectivity index (χ4n) is 1.72. The minimum atomic E-state index is -3.29. The van der Waals surface area contributed by atoms with Gasteiger partial charge in [0.1, 0.15) is 0 Å². The van der Waals surface area contributed by atoms with Gasteiger partial charge in [-0.3, -0.25) is 4.79 Å². The molecule has 17 heavy (non-hydrogen) atoms. The third kappa shape index (κ3) is 3.06. The van der Waals surface area contributed by atoms with E-state index in [0.717, 1.165) is 12.8 Å². The minimum absolute atomic E-state index is 0.184. The van der Waals surface area contributed by atoms with Crippen molar-refractivity contribution in [3.63, 3.8) is 0 Å². The number of rotatable bonds is 4. The van der Waals surface area contributed by atoms with Crippen LogP contribution in [-0.4, -0.2) is 20.1 Å². The van der Waals surface area contributed by atoms with Crippen molar-refractivity contribution in [2.75, 3.05) is 11.1 Å². The Kier molecular flexibility index (Phi) is 3.19. The van der Waals surface area contributed by atoms with E-state index in [4.69, 9.17) is 0 Å². The first-order chi connectivity index (χ1) is 7.99. The average Bonchev–Trinajstić information content (AvgIpc) is 3.00. The van der Waals surface area contributed by atoms with Crippen molar-refractivity contribution in [3.05, 3.63) is 24.3 Å². The molecule has 0 aromatic heterocycles. The molecule has 1 aromatic rings. The summed E-state index contributed by atoms with van der Waals surface area (Å²) in [6.07, 6.45) is 1.98. The molecule has 0 radical (unpaired) electrons. The number of benzene rings is 1. The topological polar surface area (TPSA) is 63.2 Å². The van der Waals surface area contributed by atoms with Crippen LogP contribution in [0.3, 0.4) is 0 Å². The summed E-state index contributed by atoms with van der Waals surface area (Å²) in [5.74, 6) is 0.216. The lowest BCUT2D eigenvalue weighted by atomic mass is 10.3. The van der Waals surface area contributed by atoms with Crippen LogP contribution in [0.4, 0.5) is 5.69 Å². The smallest absolute Gasteiger partial charge is 0.221 e. The molecule has 0 atom stereocenters. The Morgan fingerprint density at radius 2 is 2.00 bits per heavy atom. The van der Waals surface area contributed by atoms with Crippen molar-refractivity contribution >= 4 is 21.4 Å². The van der Waals surface area contributed by atoms with E-state index >= 15 is 0 Å². The molecular formula is C12H15NO3S. The zero-order chi connectivity index (χ0) is 12.5.